The standard InChI is InChI=1S/C46H76NO11P/c1-3-5-7-8-9-10-11-12-13-16-19-22-25-28-32-36-44(49)55-38-42(39-56-59(53,54)57-40-43(47)46(51)52)58-45(50)37-33-29-26-23-20-17-14-15-18-21-24-27-31-35-41(48)34-30-6-4-2/h6,12-13,15,17-18,20,24,26-27,29-31,35,41-43,48H,3-5,7-11,14,16,19,21-23,25,28,32-34,36-40,47H2,1-2H3,(H,51,52)(H,53,54)/b13-12-,18-15-,20-17-,27-24+,29-26-,30-6-,35-31+/t41?,42-,43+/m1/s1. The smallest absolute Gasteiger partial charge is 0.472 e. The lowest BCUT2D eigenvalue weighted by Gasteiger charge is -2.20. The van der Waals surface area contributed by atoms with Gasteiger partial charge in [-0.1, -0.05) is 150 Å². The van der Waals surface area contributed by atoms with Crippen LogP contribution < -0.4 is 5.73 Å². The van der Waals surface area contributed by atoms with Crippen molar-refractivity contribution in [3.05, 3.63) is 85.1 Å². The fraction of sp³-hybridized carbons (Fsp3) is 0.630. The van der Waals surface area contributed by atoms with Crippen molar-refractivity contribution >= 4 is 25.7 Å². The van der Waals surface area contributed by atoms with E-state index < -0.39 is 63.8 Å². The fourth-order valence-electron chi connectivity index (χ4n) is 5.29. The molecule has 0 spiro atoms. The molecule has 0 aromatic heterocycles. The summed E-state index contributed by atoms with van der Waals surface area (Å²) in [4.78, 5) is 45.9. The lowest BCUT2D eigenvalue weighted by Crippen LogP contribution is -2.34. The number of phosphoric acid groups is 1. The molecule has 59 heavy (non-hydrogen) atoms. The number of aliphatic carboxylic acids is 1. The maximum absolute atomic E-state index is 12.6. The van der Waals surface area contributed by atoms with Gasteiger partial charge in [0.1, 0.15) is 12.6 Å². The van der Waals surface area contributed by atoms with E-state index in [1.54, 1.807) is 6.08 Å². The van der Waals surface area contributed by atoms with Crippen LogP contribution in [0.4, 0.5) is 0 Å². The first kappa shape index (κ1) is 55.6. The van der Waals surface area contributed by atoms with Gasteiger partial charge in [0.25, 0.3) is 0 Å². The highest BCUT2D eigenvalue weighted by atomic mass is 31.2. The van der Waals surface area contributed by atoms with E-state index in [2.05, 4.69) is 42.7 Å². The number of ether oxygens (including phenoxy) is 2. The van der Waals surface area contributed by atoms with E-state index in [4.69, 9.17) is 24.8 Å². The van der Waals surface area contributed by atoms with Gasteiger partial charge in [-0.15, -0.1) is 0 Å². The number of unbranched alkanes of at least 4 members (excludes halogenated alkanes) is 11. The maximum atomic E-state index is 12.6. The molecule has 13 heteroatoms. The molecule has 12 nitrogen and oxygen atoms in total. The third-order valence-electron chi connectivity index (χ3n) is 8.72. The number of carbonyl (C=O) groups is 3. The molecule has 0 aliphatic rings. The number of allylic oxidation sites excluding steroid dienone is 12. The number of aliphatic hydroxyl groups excluding tert-OH is 1. The molecule has 0 aromatic carbocycles. The topological polar surface area (TPSA) is 192 Å². The highest BCUT2D eigenvalue weighted by Gasteiger charge is 2.28. The van der Waals surface area contributed by atoms with Crippen LogP contribution in [-0.4, -0.2) is 71.1 Å². The van der Waals surface area contributed by atoms with Gasteiger partial charge in [0.05, 0.1) is 19.3 Å². The summed E-state index contributed by atoms with van der Waals surface area (Å²) in [6.07, 6.45) is 45.6. The zero-order valence-electron chi connectivity index (χ0n) is 35.9. The lowest BCUT2D eigenvalue weighted by molar-refractivity contribution is -0.161. The van der Waals surface area contributed by atoms with Gasteiger partial charge in [0.2, 0.25) is 0 Å². The quantitative estimate of drug-likeness (QED) is 0.0151. The number of nitrogens with two attached hydrogens (primary N) is 1. The summed E-state index contributed by atoms with van der Waals surface area (Å²) >= 11 is 0. The van der Waals surface area contributed by atoms with Gasteiger partial charge in [0.15, 0.2) is 6.10 Å². The van der Waals surface area contributed by atoms with Crippen molar-refractivity contribution in [2.24, 2.45) is 5.73 Å². The molecule has 0 heterocycles. The summed E-state index contributed by atoms with van der Waals surface area (Å²) in [5, 5.41) is 18.7. The number of carboxylic acid groups (broad SMARTS) is 1. The molecule has 0 rings (SSSR count). The minimum atomic E-state index is -4.75. The molecule has 0 saturated carbocycles. The Labute approximate surface area is 355 Å². The summed E-state index contributed by atoms with van der Waals surface area (Å²) in [5.41, 5.74) is 5.32. The Morgan fingerprint density at radius 2 is 1.19 bits per heavy atom. The van der Waals surface area contributed by atoms with Crippen molar-refractivity contribution in [3.63, 3.8) is 0 Å². The van der Waals surface area contributed by atoms with Crippen LogP contribution in [0.1, 0.15) is 149 Å². The Hall–Kier alpha value is -3.38. The van der Waals surface area contributed by atoms with E-state index in [-0.39, 0.29) is 12.8 Å². The van der Waals surface area contributed by atoms with E-state index in [1.165, 1.54) is 38.5 Å². The van der Waals surface area contributed by atoms with Crippen LogP contribution in [0.15, 0.2) is 85.1 Å². The van der Waals surface area contributed by atoms with Crippen molar-refractivity contribution in [1.29, 1.82) is 0 Å². The van der Waals surface area contributed by atoms with Crippen molar-refractivity contribution in [1.82, 2.24) is 0 Å². The second-order valence-electron chi connectivity index (χ2n) is 14.3. The van der Waals surface area contributed by atoms with Gasteiger partial charge in [-0.05, 0) is 70.6 Å². The number of hydrogen-bond acceptors (Lipinski definition) is 10. The van der Waals surface area contributed by atoms with Gasteiger partial charge in [-0.3, -0.25) is 23.4 Å². The monoisotopic (exact) mass is 850 g/mol. The summed E-state index contributed by atoms with van der Waals surface area (Å²) < 4.78 is 32.6. The van der Waals surface area contributed by atoms with Crippen LogP contribution in [0.2, 0.25) is 0 Å². The Morgan fingerprint density at radius 1 is 0.627 bits per heavy atom. The van der Waals surface area contributed by atoms with Crippen LogP contribution in [0, 0.1) is 0 Å². The molecule has 0 radical (unpaired) electrons. The van der Waals surface area contributed by atoms with Crippen LogP contribution in [0.25, 0.3) is 0 Å². The average Bonchev–Trinajstić information content (AvgIpc) is 3.20. The van der Waals surface area contributed by atoms with Crippen LogP contribution in [0.5, 0.6) is 0 Å². The molecule has 0 aliphatic carbocycles. The molecular weight excluding hydrogens is 773 g/mol. The molecule has 0 aromatic rings. The summed E-state index contributed by atoms with van der Waals surface area (Å²) in [5.74, 6) is -2.53. The van der Waals surface area contributed by atoms with E-state index in [9.17, 15) is 28.9 Å². The second-order valence-corrected chi connectivity index (χ2v) is 15.7. The first-order valence-electron chi connectivity index (χ1n) is 21.7. The number of rotatable bonds is 39. The minimum absolute atomic E-state index is 0.0145. The van der Waals surface area contributed by atoms with Crippen molar-refractivity contribution < 1.29 is 52.6 Å². The summed E-state index contributed by atoms with van der Waals surface area (Å²) in [7, 11) is -4.75. The number of hydrogen-bond donors (Lipinski definition) is 4. The Morgan fingerprint density at radius 3 is 1.81 bits per heavy atom. The normalized spacial score (nSPS) is 15.1. The Kier molecular flexibility index (Phi) is 37.8. The first-order chi connectivity index (χ1) is 28.5. The van der Waals surface area contributed by atoms with E-state index in [0.717, 1.165) is 57.8 Å². The van der Waals surface area contributed by atoms with E-state index in [0.29, 0.717) is 25.7 Å². The van der Waals surface area contributed by atoms with Crippen LogP contribution in [-0.2, 0) is 37.5 Å². The predicted molar refractivity (Wildman–Crippen MR) is 236 cm³/mol. The third-order valence-corrected chi connectivity index (χ3v) is 9.67. The molecule has 2 unspecified atom stereocenters. The number of esters is 2. The minimum Gasteiger partial charge on any atom is -0.480 e. The van der Waals surface area contributed by atoms with Gasteiger partial charge in [-0.25, -0.2) is 4.57 Å². The summed E-state index contributed by atoms with van der Waals surface area (Å²) in [6, 6.07) is -1.54. The van der Waals surface area contributed by atoms with Gasteiger partial charge in [0, 0.05) is 12.8 Å². The third kappa shape index (κ3) is 39.8. The molecule has 5 N–H and O–H groups in total. The zero-order valence-corrected chi connectivity index (χ0v) is 36.8. The number of carboxylic acids is 1. The fourth-order valence-corrected chi connectivity index (χ4v) is 6.06. The predicted octanol–water partition coefficient (Wildman–Crippen LogP) is 10.5. The van der Waals surface area contributed by atoms with Gasteiger partial charge >= 0.3 is 25.7 Å². The molecule has 0 aliphatic heterocycles. The molecule has 336 valence electrons. The van der Waals surface area contributed by atoms with Crippen LogP contribution >= 0.6 is 7.82 Å². The molecule has 0 amide bonds. The summed E-state index contributed by atoms with van der Waals surface area (Å²) in [6.45, 7) is 2.48. The number of aliphatic hydroxyl groups is 1. The maximum Gasteiger partial charge on any atom is 0.472 e. The average molecular weight is 850 g/mol. The van der Waals surface area contributed by atoms with Crippen molar-refractivity contribution in [2.45, 2.75) is 167 Å². The Bertz CT molecular complexity index is 1340. The highest BCUT2D eigenvalue weighted by molar-refractivity contribution is 7.47. The molecule has 4 atom stereocenters. The lowest BCUT2D eigenvalue weighted by atomic mass is 10.1. The Balaban J connectivity index is 4.56. The largest absolute Gasteiger partial charge is 0.480 e. The van der Waals surface area contributed by atoms with Crippen molar-refractivity contribution in [3.8, 4) is 0 Å². The van der Waals surface area contributed by atoms with Crippen LogP contribution in [0.3, 0.4) is 0 Å². The molecule has 0 fully saturated rings. The SMILES string of the molecule is CC/C=C\CC(O)/C=C/C=C/C/C=C\C/C=C\C/C=C\CCC(=O)O[C@H](COC(=O)CCCCCCC/C=C\CCCCCCCC)COP(=O)(O)OC[C@H](N)C(=O)O. The van der Waals surface area contributed by atoms with Gasteiger partial charge in [-0.2, -0.15) is 0 Å². The van der Waals surface area contributed by atoms with E-state index in [1.807, 2.05) is 54.7 Å². The highest BCUT2D eigenvalue weighted by Crippen LogP contribution is 2.43. The molecular formula is C46H76NO11P. The number of carbonyl (C=O) groups excluding carboxylic acids is 2. The molecule has 0 saturated heterocycles. The van der Waals surface area contributed by atoms with E-state index >= 15 is 0 Å². The first-order valence-corrected chi connectivity index (χ1v) is 23.2. The number of phosphoric ester groups is 1. The zero-order chi connectivity index (χ0) is 43.7. The second kappa shape index (κ2) is 40.0. The van der Waals surface area contributed by atoms with Gasteiger partial charge < -0.3 is 30.3 Å². The molecule has 0 bridgehead atoms. The van der Waals surface area contributed by atoms with Crippen molar-refractivity contribution in [2.75, 3.05) is 19.8 Å².